The maximum absolute atomic E-state index is 13.3. The zero-order valence-electron chi connectivity index (χ0n) is 16.8. The van der Waals surface area contributed by atoms with E-state index in [-0.39, 0.29) is 12.5 Å². The number of alkyl halides is 2. The van der Waals surface area contributed by atoms with Crippen LogP contribution in [0.3, 0.4) is 0 Å². The molecule has 9 heteroatoms. The summed E-state index contributed by atoms with van der Waals surface area (Å²) in [5.74, 6) is -2.69. The minimum Gasteiger partial charge on any atom is -0.405 e. The third-order valence-corrected chi connectivity index (χ3v) is 4.69. The van der Waals surface area contributed by atoms with E-state index in [0.717, 1.165) is 18.1 Å². The summed E-state index contributed by atoms with van der Waals surface area (Å²) in [4.78, 5) is 9.20. The molecule has 0 aliphatic carbocycles. The quantitative estimate of drug-likeness (QED) is 0.615. The first kappa shape index (κ1) is 20.6. The zero-order valence-corrected chi connectivity index (χ0v) is 16.8. The molecule has 2 N–H and O–H groups in total. The van der Waals surface area contributed by atoms with Gasteiger partial charge in [0.2, 0.25) is 5.92 Å². The van der Waals surface area contributed by atoms with Crippen LogP contribution in [0.15, 0.2) is 37.2 Å². The van der Waals surface area contributed by atoms with Crippen molar-refractivity contribution >= 4 is 6.08 Å². The molecular formula is C20H25F2N7. The maximum atomic E-state index is 13.3. The summed E-state index contributed by atoms with van der Waals surface area (Å²) in [5.41, 5.74) is 9.05. The first-order valence-electron chi connectivity index (χ1n) is 9.47. The van der Waals surface area contributed by atoms with Gasteiger partial charge < -0.3 is 5.73 Å². The van der Waals surface area contributed by atoms with Gasteiger partial charge in [-0.3, -0.25) is 14.3 Å². The van der Waals surface area contributed by atoms with Crippen LogP contribution in [0.2, 0.25) is 0 Å². The summed E-state index contributed by atoms with van der Waals surface area (Å²) >= 11 is 0. The first-order chi connectivity index (χ1) is 13.8. The largest absolute Gasteiger partial charge is 0.405 e. The molecule has 0 aliphatic heterocycles. The summed E-state index contributed by atoms with van der Waals surface area (Å²) in [5, 5.41) is 8.57. The van der Waals surface area contributed by atoms with E-state index < -0.39 is 5.92 Å². The second kappa shape index (κ2) is 8.50. The number of hydrogen-bond acceptors (Lipinski definition) is 5. The van der Waals surface area contributed by atoms with Gasteiger partial charge in [-0.2, -0.15) is 10.2 Å². The van der Waals surface area contributed by atoms with Gasteiger partial charge >= 0.3 is 0 Å². The lowest BCUT2D eigenvalue weighted by Gasteiger charge is -2.18. The lowest BCUT2D eigenvalue weighted by atomic mass is 10.1. The van der Waals surface area contributed by atoms with Crippen molar-refractivity contribution in [3.63, 3.8) is 0 Å². The lowest BCUT2D eigenvalue weighted by Crippen LogP contribution is -2.15. The highest BCUT2D eigenvalue weighted by Crippen LogP contribution is 2.29. The van der Waals surface area contributed by atoms with Crippen LogP contribution in [-0.2, 0) is 7.05 Å². The number of rotatable bonds is 8. The Morgan fingerprint density at radius 3 is 2.55 bits per heavy atom. The molecule has 1 atom stereocenters. The van der Waals surface area contributed by atoms with Crippen molar-refractivity contribution in [2.45, 2.75) is 45.1 Å². The van der Waals surface area contributed by atoms with Crippen molar-refractivity contribution < 1.29 is 8.78 Å². The van der Waals surface area contributed by atoms with Gasteiger partial charge in [0, 0.05) is 37.0 Å². The summed E-state index contributed by atoms with van der Waals surface area (Å²) in [7, 11) is 1.83. The summed E-state index contributed by atoms with van der Waals surface area (Å²) in [6.45, 7) is 2.91. The smallest absolute Gasteiger partial charge is 0.245 e. The van der Waals surface area contributed by atoms with Gasteiger partial charge in [0.05, 0.1) is 41.7 Å². The highest BCUT2D eigenvalue weighted by atomic mass is 19.3. The van der Waals surface area contributed by atoms with Crippen molar-refractivity contribution in [1.29, 1.82) is 0 Å². The van der Waals surface area contributed by atoms with E-state index in [0.29, 0.717) is 29.9 Å². The van der Waals surface area contributed by atoms with Crippen LogP contribution in [-0.4, -0.2) is 35.5 Å². The van der Waals surface area contributed by atoms with Crippen molar-refractivity contribution in [3.8, 4) is 22.5 Å². The predicted octanol–water partition coefficient (Wildman–Crippen LogP) is 4.06. The number of halogens is 2. The summed E-state index contributed by atoms with van der Waals surface area (Å²) < 4.78 is 30.0. The molecule has 0 saturated heterocycles. The summed E-state index contributed by atoms with van der Waals surface area (Å²) in [6, 6.07) is -0.113. The SMILES string of the molecule is CCC(CCC(C)(F)F)n1cc(-c2nc(-c3cnn(C)c3)cnc2C=CN)cn1. The van der Waals surface area contributed by atoms with Gasteiger partial charge in [-0.15, -0.1) is 0 Å². The number of hydrogen-bond donors (Lipinski definition) is 1. The fourth-order valence-corrected chi connectivity index (χ4v) is 3.12. The van der Waals surface area contributed by atoms with Crippen LogP contribution in [0, 0.1) is 0 Å². The van der Waals surface area contributed by atoms with Crippen LogP contribution in [0.5, 0.6) is 0 Å². The Morgan fingerprint density at radius 1 is 1.17 bits per heavy atom. The Morgan fingerprint density at radius 2 is 1.93 bits per heavy atom. The van der Waals surface area contributed by atoms with Gasteiger partial charge in [-0.05, 0) is 32.0 Å². The Bertz CT molecular complexity index is 985. The Kier molecular flexibility index (Phi) is 6.05. The van der Waals surface area contributed by atoms with Gasteiger partial charge in [-0.1, -0.05) is 6.92 Å². The van der Waals surface area contributed by atoms with E-state index in [1.165, 1.54) is 6.20 Å². The van der Waals surface area contributed by atoms with E-state index in [4.69, 9.17) is 10.7 Å². The molecule has 7 nitrogen and oxygen atoms in total. The fraction of sp³-hybridized carbons (Fsp3) is 0.400. The van der Waals surface area contributed by atoms with Crippen molar-refractivity contribution in [1.82, 2.24) is 29.5 Å². The zero-order chi connectivity index (χ0) is 21.0. The minimum atomic E-state index is -2.69. The lowest BCUT2D eigenvalue weighted by molar-refractivity contribution is 0.00660. The molecule has 3 rings (SSSR count). The minimum absolute atomic E-state index is 0.113. The maximum Gasteiger partial charge on any atom is 0.245 e. The molecular weight excluding hydrogens is 376 g/mol. The van der Waals surface area contributed by atoms with Gasteiger partial charge in [0.15, 0.2) is 0 Å². The molecule has 0 fully saturated rings. The highest BCUT2D eigenvalue weighted by Gasteiger charge is 2.24. The normalized spacial score (nSPS) is 13.3. The molecule has 29 heavy (non-hydrogen) atoms. The third kappa shape index (κ3) is 5.04. The highest BCUT2D eigenvalue weighted by molar-refractivity contribution is 5.71. The van der Waals surface area contributed by atoms with E-state index >= 15 is 0 Å². The molecule has 0 saturated carbocycles. The molecule has 0 amide bonds. The second-order valence-electron chi connectivity index (χ2n) is 7.13. The molecule has 0 aliphatic rings. The van der Waals surface area contributed by atoms with E-state index in [2.05, 4.69) is 15.2 Å². The average Bonchev–Trinajstić information content (AvgIpc) is 3.31. The number of aromatic nitrogens is 6. The fourth-order valence-electron chi connectivity index (χ4n) is 3.12. The molecule has 3 aromatic heterocycles. The van der Waals surface area contributed by atoms with Crippen LogP contribution in [0.1, 0.15) is 44.8 Å². The Hall–Kier alpha value is -3.10. The monoisotopic (exact) mass is 401 g/mol. The predicted molar refractivity (Wildman–Crippen MR) is 108 cm³/mol. The standard InChI is InChI=1S/C20H25F2N7/c1-4-16(5-7-20(2,21)22)29-13-15(10-26-29)19-17(6-8-23)24-11-18(27-19)14-9-25-28(3)12-14/h6,8-13,16H,4-5,7,23H2,1-3H3. The molecule has 0 bridgehead atoms. The molecule has 0 spiro atoms. The van der Waals surface area contributed by atoms with Crippen molar-refractivity contribution in [2.75, 3.05) is 0 Å². The molecule has 154 valence electrons. The van der Waals surface area contributed by atoms with Gasteiger partial charge in [0.25, 0.3) is 0 Å². The van der Waals surface area contributed by atoms with Crippen LogP contribution in [0.25, 0.3) is 28.6 Å². The molecule has 0 aromatic carbocycles. The van der Waals surface area contributed by atoms with Crippen LogP contribution >= 0.6 is 0 Å². The molecule has 3 aromatic rings. The Balaban J connectivity index is 1.95. The van der Waals surface area contributed by atoms with Crippen molar-refractivity contribution in [2.24, 2.45) is 12.8 Å². The number of nitrogens with zero attached hydrogens (tertiary/aromatic N) is 6. The van der Waals surface area contributed by atoms with E-state index in [1.807, 2.05) is 26.4 Å². The molecule has 0 radical (unpaired) electrons. The van der Waals surface area contributed by atoms with Gasteiger partial charge in [-0.25, -0.2) is 13.8 Å². The third-order valence-electron chi connectivity index (χ3n) is 4.69. The second-order valence-corrected chi connectivity index (χ2v) is 7.13. The topological polar surface area (TPSA) is 87.4 Å². The molecule has 3 heterocycles. The van der Waals surface area contributed by atoms with Gasteiger partial charge in [0.1, 0.15) is 0 Å². The van der Waals surface area contributed by atoms with E-state index in [9.17, 15) is 8.78 Å². The summed E-state index contributed by atoms with van der Waals surface area (Å²) in [6.07, 6.45) is 12.7. The number of aryl methyl sites for hydroxylation is 1. The molecule has 1 unspecified atom stereocenters. The Labute approximate surface area is 168 Å². The van der Waals surface area contributed by atoms with E-state index in [1.54, 1.807) is 34.0 Å². The average molecular weight is 401 g/mol. The number of nitrogens with two attached hydrogens (primary N) is 1. The first-order valence-corrected chi connectivity index (χ1v) is 9.47. The van der Waals surface area contributed by atoms with Crippen LogP contribution < -0.4 is 5.73 Å². The van der Waals surface area contributed by atoms with Crippen LogP contribution in [0.4, 0.5) is 8.78 Å². The van der Waals surface area contributed by atoms with Crippen molar-refractivity contribution in [3.05, 3.63) is 42.9 Å².